The van der Waals surface area contributed by atoms with Gasteiger partial charge in [0.15, 0.2) is 0 Å². The molecule has 0 aromatic heterocycles. The Kier molecular flexibility index (Phi) is 3.07. The number of rotatable bonds is 1. The molecule has 0 fully saturated rings. The molecule has 1 aromatic carbocycles. The fourth-order valence-electron chi connectivity index (χ4n) is 1.28. The van der Waals surface area contributed by atoms with Crippen LogP contribution in [0, 0.1) is 5.41 Å². The topological polar surface area (TPSA) is 52.0 Å². The zero-order valence-corrected chi connectivity index (χ0v) is 9.60. The molecule has 14 heavy (non-hydrogen) atoms. The summed E-state index contributed by atoms with van der Waals surface area (Å²) >= 11 is 5.90. The van der Waals surface area contributed by atoms with Crippen molar-refractivity contribution >= 4 is 17.3 Å². The van der Waals surface area contributed by atoms with Gasteiger partial charge in [-0.1, -0.05) is 32.4 Å². The summed E-state index contributed by atoms with van der Waals surface area (Å²) in [4.78, 5) is 0. The second-order valence-electron chi connectivity index (χ2n) is 4.62. The molecule has 0 spiro atoms. The van der Waals surface area contributed by atoms with Gasteiger partial charge in [0.2, 0.25) is 0 Å². The van der Waals surface area contributed by atoms with Crippen LogP contribution in [0.3, 0.4) is 0 Å². The molecule has 3 heteroatoms. The van der Waals surface area contributed by atoms with Gasteiger partial charge in [-0.25, -0.2) is 0 Å². The molecule has 0 saturated heterocycles. The number of benzene rings is 1. The van der Waals surface area contributed by atoms with Crippen LogP contribution in [0.1, 0.15) is 32.4 Å². The number of hydrogen-bond donors (Lipinski definition) is 2. The third kappa shape index (κ3) is 2.40. The molecule has 1 atom stereocenters. The van der Waals surface area contributed by atoms with Gasteiger partial charge in [0.1, 0.15) is 0 Å². The highest BCUT2D eigenvalue weighted by Crippen LogP contribution is 2.34. The van der Waals surface area contributed by atoms with E-state index < -0.39 is 0 Å². The Labute approximate surface area is 90.2 Å². The van der Waals surface area contributed by atoms with Crippen LogP contribution in [0.5, 0.6) is 0 Å². The number of anilines is 1. The SMILES string of the molecule is CC(C)(C)[C@@H](N)c1cc(Cl)ccc1N. The molecule has 0 saturated carbocycles. The monoisotopic (exact) mass is 212 g/mol. The molecule has 4 N–H and O–H groups in total. The largest absolute Gasteiger partial charge is 0.398 e. The first-order valence-corrected chi connectivity index (χ1v) is 5.00. The summed E-state index contributed by atoms with van der Waals surface area (Å²) in [5.41, 5.74) is 13.6. The minimum atomic E-state index is -0.0961. The fraction of sp³-hybridized carbons (Fsp3) is 0.455. The molecule has 78 valence electrons. The number of halogens is 1. The normalized spacial score (nSPS) is 14.1. The lowest BCUT2D eigenvalue weighted by molar-refractivity contribution is 0.328. The van der Waals surface area contributed by atoms with E-state index in [4.69, 9.17) is 23.1 Å². The maximum absolute atomic E-state index is 6.10. The van der Waals surface area contributed by atoms with E-state index in [9.17, 15) is 0 Å². The van der Waals surface area contributed by atoms with Gasteiger partial charge in [0.25, 0.3) is 0 Å². The Morgan fingerprint density at radius 3 is 2.36 bits per heavy atom. The minimum absolute atomic E-state index is 0.0151. The lowest BCUT2D eigenvalue weighted by Crippen LogP contribution is -2.27. The third-order valence-electron chi connectivity index (χ3n) is 2.32. The Bertz CT molecular complexity index is 329. The molecule has 0 bridgehead atoms. The van der Waals surface area contributed by atoms with E-state index in [0.717, 1.165) is 5.56 Å². The average Bonchev–Trinajstić information content (AvgIpc) is 2.06. The highest BCUT2D eigenvalue weighted by molar-refractivity contribution is 6.30. The Morgan fingerprint density at radius 2 is 1.86 bits per heavy atom. The molecule has 0 heterocycles. The summed E-state index contributed by atoms with van der Waals surface area (Å²) in [7, 11) is 0. The summed E-state index contributed by atoms with van der Waals surface area (Å²) in [6.45, 7) is 6.24. The number of nitrogens with two attached hydrogens (primary N) is 2. The van der Waals surface area contributed by atoms with Gasteiger partial charge in [-0.05, 0) is 29.2 Å². The lowest BCUT2D eigenvalue weighted by Gasteiger charge is -2.28. The van der Waals surface area contributed by atoms with Gasteiger partial charge in [-0.15, -0.1) is 0 Å². The molecule has 0 unspecified atom stereocenters. The van der Waals surface area contributed by atoms with E-state index in [-0.39, 0.29) is 11.5 Å². The van der Waals surface area contributed by atoms with Crippen LogP contribution in [0.4, 0.5) is 5.69 Å². The summed E-state index contributed by atoms with van der Waals surface area (Å²) in [5, 5.41) is 0.675. The molecule has 0 radical (unpaired) electrons. The van der Waals surface area contributed by atoms with Crippen molar-refractivity contribution in [2.45, 2.75) is 26.8 Å². The van der Waals surface area contributed by atoms with Gasteiger partial charge < -0.3 is 11.5 Å². The van der Waals surface area contributed by atoms with Crippen molar-refractivity contribution in [2.75, 3.05) is 5.73 Å². The Balaban J connectivity index is 3.12. The van der Waals surface area contributed by atoms with Crippen LogP contribution >= 0.6 is 11.6 Å². The van der Waals surface area contributed by atoms with Crippen LogP contribution in [0.25, 0.3) is 0 Å². The van der Waals surface area contributed by atoms with Crippen LogP contribution in [0.15, 0.2) is 18.2 Å². The van der Waals surface area contributed by atoms with Crippen molar-refractivity contribution < 1.29 is 0 Å². The van der Waals surface area contributed by atoms with Crippen LogP contribution in [0.2, 0.25) is 5.02 Å². The van der Waals surface area contributed by atoms with Crippen LogP contribution < -0.4 is 11.5 Å². The van der Waals surface area contributed by atoms with E-state index in [1.165, 1.54) is 0 Å². The summed E-state index contributed by atoms with van der Waals surface area (Å²) in [5.74, 6) is 0. The van der Waals surface area contributed by atoms with Gasteiger partial charge in [-0.3, -0.25) is 0 Å². The quantitative estimate of drug-likeness (QED) is 0.704. The Morgan fingerprint density at radius 1 is 1.29 bits per heavy atom. The van der Waals surface area contributed by atoms with Crippen molar-refractivity contribution in [3.63, 3.8) is 0 Å². The van der Waals surface area contributed by atoms with Crippen molar-refractivity contribution in [3.8, 4) is 0 Å². The molecular formula is C11H17ClN2. The molecular weight excluding hydrogens is 196 g/mol. The predicted octanol–water partition coefficient (Wildman–Crippen LogP) is 2.97. The van der Waals surface area contributed by atoms with Gasteiger partial charge >= 0.3 is 0 Å². The molecule has 0 aliphatic carbocycles. The lowest BCUT2D eigenvalue weighted by atomic mass is 9.82. The summed E-state index contributed by atoms with van der Waals surface area (Å²) in [6.07, 6.45) is 0. The van der Waals surface area contributed by atoms with Gasteiger partial charge in [-0.2, -0.15) is 0 Å². The summed E-state index contributed by atoms with van der Waals surface area (Å²) in [6, 6.07) is 5.31. The first kappa shape index (κ1) is 11.3. The minimum Gasteiger partial charge on any atom is -0.398 e. The fourth-order valence-corrected chi connectivity index (χ4v) is 1.46. The van der Waals surface area contributed by atoms with E-state index in [0.29, 0.717) is 10.7 Å². The van der Waals surface area contributed by atoms with E-state index in [2.05, 4.69) is 20.8 Å². The second kappa shape index (κ2) is 3.79. The average molecular weight is 213 g/mol. The molecule has 0 aliphatic rings. The van der Waals surface area contributed by atoms with Crippen LogP contribution in [-0.4, -0.2) is 0 Å². The number of hydrogen-bond acceptors (Lipinski definition) is 2. The maximum Gasteiger partial charge on any atom is 0.0410 e. The number of nitrogen functional groups attached to an aromatic ring is 1. The Hall–Kier alpha value is -0.730. The van der Waals surface area contributed by atoms with Crippen LogP contribution in [-0.2, 0) is 0 Å². The molecule has 0 aliphatic heterocycles. The zero-order valence-electron chi connectivity index (χ0n) is 8.84. The standard InChI is InChI=1S/C11H17ClN2/c1-11(2,3)10(14)8-6-7(12)4-5-9(8)13/h4-6,10H,13-14H2,1-3H3/t10-/m0/s1. The van der Waals surface area contributed by atoms with Gasteiger partial charge in [0, 0.05) is 16.8 Å². The first-order valence-electron chi connectivity index (χ1n) is 4.63. The van der Waals surface area contributed by atoms with Gasteiger partial charge in [0.05, 0.1) is 0 Å². The maximum atomic E-state index is 6.10. The predicted molar refractivity (Wildman–Crippen MR) is 62.2 cm³/mol. The smallest absolute Gasteiger partial charge is 0.0410 e. The van der Waals surface area contributed by atoms with E-state index in [1.54, 1.807) is 12.1 Å². The molecule has 2 nitrogen and oxygen atoms in total. The second-order valence-corrected chi connectivity index (χ2v) is 5.05. The summed E-state index contributed by atoms with van der Waals surface area (Å²) < 4.78 is 0. The van der Waals surface area contributed by atoms with Crippen molar-refractivity contribution in [1.82, 2.24) is 0 Å². The highest BCUT2D eigenvalue weighted by atomic mass is 35.5. The van der Waals surface area contributed by atoms with Crippen molar-refractivity contribution in [3.05, 3.63) is 28.8 Å². The first-order chi connectivity index (χ1) is 6.32. The highest BCUT2D eigenvalue weighted by Gasteiger charge is 2.23. The zero-order chi connectivity index (χ0) is 10.9. The third-order valence-corrected chi connectivity index (χ3v) is 2.55. The van der Waals surface area contributed by atoms with Crippen molar-refractivity contribution in [1.29, 1.82) is 0 Å². The molecule has 1 aromatic rings. The van der Waals surface area contributed by atoms with E-state index in [1.807, 2.05) is 6.07 Å². The van der Waals surface area contributed by atoms with E-state index >= 15 is 0 Å². The molecule has 0 amide bonds. The van der Waals surface area contributed by atoms with Crippen molar-refractivity contribution in [2.24, 2.45) is 11.1 Å². The molecule has 1 rings (SSSR count).